The third kappa shape index (κ3) is 5.20. The van der Waals surface area contributed by atoms with Crippen LogP contribution in [0, 0.1) is 5.82 Å². The number of carbonyl (C=O) groups is 2. The molecule has 36 heavy (non-hydrogen) atoms. The van der Waals surface area contributed by atoms with Crippen LogP contribution in [-0.2, 0) is 6.54 Å². The molecule has 0 radical (unpaired) electrons. The van der Waals surface area contributed by atoms with Crippen molar-refractivity contribution >= 4 is 11.8 Å². The molecule has 0 bridgehead atoms. The Bertz CT molecular complexity index is 1340. The number of carbonyl (C=O) groups excluding carboxylic acids is 2. The average Bonchev–Trinajstić information content (AvgIpc) is 3.42. The lowest BCUT2D eigenvalue weighted by atomic mass is 9.97. The summed E-state index contributed by atoms with van der Waals surface area (Å²) in [6.45, 7) is 1.63. The number of piperidine rings is 1. The summed E-state index contributed by atoms with van der Waals surface area (Å²) in [4.78, 5) is 27.5. The molecule has 0 saturated carbocycles. The zero-order valence-corrected chi connectivity index (χ0v) is 19.8. The summed E-state index contributed by atoms with van der Waals surface area (Å²) in [5, 5.41) is 7.38. The Morgan fingerprint density at radius 2 is 1.58 bits per heavy atom. The normalized spacial score (nSPS) is 14.0. The number of nitrogens with zero attached hydrogens (tertiary/aromatic N) is 3. The van der Waals surface area contributed by atoms with E-state index in [1.54, 1.807) is 23.2 Å². The second-order valence-electron chi connectivity index (χ2n) is 8.97. The number of aromatic nitrogens is 2. The van der Waals surface area contributed by atoms with Crippen molar-refractivity contribution in [2.24, 2.45) is 0 Å². The van der Waals surface area contributed by atoms with Crippen LogP contribution >= 0.6 is 0 Å². The third-order valence-corrected chi connectivity index (χ3v) is 6.56. The SMILES string of the molecule is O=C(NC1CCN(C(=O)c2ccccc2F)CC1)c1ccccc1-c1ccc(Cn2cccn2)cc1. The van der Waals surface area contributed by atoms with Crippen molar-refractivity contribution in [3.05, 3.63) is 114 Å². The van der Waals surface area contributed by atoms with Gasteiger partial charge in [-0.15, -0.1) is 0 Å². The number of likely N-dealkylation sites (tertiary alicyclic amines) is 1. The molecular formula is C29H27FN4O2. The van der Waals surface area contributed by atoms with Gasteiger partial charge in [-0.05, 0) is 53.8 Å². The van der Waals surface area contributed by atoms with Gasteiger partial charge in [-0.25, -0.2) is 4.39 Å². The van der Waals surface area contributed by atoms with E-state index in [0.29, 0.717) is 38.0 Å². The van der Waals surface area contributed by atoms with E-state index < -0.39 is 5.82 Å². The van der Waals surface area contributed by atoms with E-state index in [-0.39, 0.29) is 23.4 Å². The quantitative estimate of drug-likeness (QED) is 0.430. The summed E-state index contributed by atoms with van der Waals surface area (Å²) < 4.78 is 15.9. The lowest BCUT2D eigenvalue weighted by Crippen LogP contribution is -2.46. The van der Waals surface area contributed by atoms with E-state index in [1.165, 1.54) is 12.1 Å². The Hall–Kier alpha value is -4.26. The highest BCUT2D eigenvalue weighted by Crippen LogP contribution is 2.25. The highest BCUT2D eigenvalue weighted by Gasteiger charge is 2.26. The number of hydrogen-bond acceptors (Lipinski definition) is 3. The molecule has 0 aliphatic carbocycles. The average molecular weight is 483 g/mol. The Kier molecular flexibility index (Phi) is 6.89. The number of halogens is 1. The zero-order valence-electron chi connectivity index (χ0n) is 19.8. The van der Waals surface area contributed by atoms with Gasteiger partial charge in [-0.1, -0.05) is 54.6 Å². The van der Waals surface area contributed by atoms with Gasteiger partial charge in [0.1, 0.15) is 5.82 Å². The maximum Gasteiger partial charge on any atom is 0.256 e. The molecule has 1 aliphatic rings. The summed E-state index contributed by atoms with van der Waals surface area (Å²) in [6.07, 6.45) is 4.92. The summed E-state index contributed by atoms with van der Waals surface area (Å²) in [5.41, 5.74) is 3.66. The highest BCUT2D eigenvalue weighted by molar-refractivity contribution is 6.01. The second kappa shape index (κ2) is 10.6. The number of hydrogen-bond donors (Lipinski definition) is 1. The molecule has 7 heteroatoms. The summed E-state index contributed by atoms with van der Waals surface area (Å²) in [7, 11) is 0. The first-order chi connectivity index (χ1) is 17.6. The van der Waals surface area contributed by atoms with Gasteiger partial charge in [0.05, 0.1) is 12.1 Å². The zero-order chi connectivity index (χ0) is 24.9. The maximum atomic E-state index is 14.0. The van der Waals surface area contributed by atoms with Crippen molar-refractivity contribution in [3.8, 4) is 11.1 Å². The molecule has 0 atom stereocenters. The lowest BCUT2D eigenvalue weighted by Gasteiger charge is -2.32. The molecule has 1 N–H and O–H groups in total. The molecule has 0 spiro atoms. The van der Waals surface area contributed by atoms with Crippen molar-refractivity contribution in [1.82, 2.24) is 20.0 Å². The van der Waals surface area contributed by atoms with Crippen molar-refractivity contribution in [1.29, 1.82) is 0 Å². The fraction of sp³-hybridized carbons (Fsp3) is 0.207. The molecular weight excluding hydrogens is 455 g/mol. The minimum absolute atomic E-state index is 0.0494. The van der Waals surface area contributed by atoms with Gasteiger partial charge in [0.15, 0.2) is 0 Å². The molecule has 1 saturated heterocycles. The topological polar surface area (TPSA) is 67.2 Å². The molecule has 6 nitrogen and oxygen atoms in total. The summed E-state index contributed by atoms with van der Waals surface area (Å²) in [5.74, 6) is -0.951. The largest absolute Gasteiger partial charge is 0.349 e. The van der Waals surface area contributed by atoms with Crippen LogP contribution in [0.3, 0.4) is 0 Å². The third-order valence-electron chi connectivity index (χ3n) is 6.56. The van der Waals surface area contributed by atoms with Gasteiger partial charge in [0, 0.05) is 37.1 Å². The van der Waals surface area contributed by atoms with Crippen molar-refractivity contribution in [3.63, 3.8) is 0 Å². The molecule has 1 fully saturated rings. The molecule has 182 valence electrons. The van der Waals surface area contributed by atoms with Gasteiger partial charge in [-0.3, -0.25) is 14.3 Å². The smallest absolute Gasteiger partial charge is 0.256 e. The molecule has 2 heterocycles. The van der Waals surface area contributed by atoms with Crippen LogP contribution in [0.2, 0.25) is 0 Å². The van der Waals surface area contributed by atoms with Crippen LogP contribution in [0.1, 0.15) is 39.1 Å². The first-order valence-electron chi connectivity index (χ1n) is 12.1. The fourth-order valence-corrected chi connectivity index (χ4v) is 4.60. The Labute approximate surface area is 209 Å². The predicted octanol–water partition coefficient (Wildman–Crippen LogP) is 4.77. The predicted molar refractivity (Wildman–Crippen MR) is 136 cm³/mol. The lowest BCUT2D eigenvalue weighted by molar-refractivity contribution is 0.0693. The minimum atomic E-state index is -0.510. The van der Waals surface area contributed by atoms with Crippen LogP contribution in [-0.4, -0.2) is 45.6 Å². The highest BCUT2D eigenvalue weighted by atomic mass is 19.1. The molecule has 0 unspecified atom stereocenters. The van der Waals surface area contributed by atoms with Gasteiger partial charge in [0.2, 0.25) is 0 Å². The molecule has 1 aromatic heterocycles. The first kappa shape index (κ1) is 23.5. The standard InChI is InChI=1S/C29H27FN4O2/c30-27-9-4-3-8-26(27)29(36)33-18-14-23(15-19-33)32-28(35)25-7-2-1-6-24(25)22-12-10-21(11-13-22)20-34-17-5-16-31-34/h1-13,16-17,23H,14-15,18-20H2,(H,32,35). The van der Waals surface area contributed by atoms with Crippen molar-refractivity contribution < 1.29 is 14.0 Å². The second-order valence-corrected chi connectivity index (χ2v) is 8.97. The van der Waals surface area contributed by atoms with E-state index in [0.717, 1.165) is 16.7 Å². The number of amides is 2. The number of rotatable bonds is 6. The van der Waals surface area contributed by atoms with Gasteiger partial charge in [-0.2, -0.15) is 5.10 Å². The maximum absolute atomic E-state index is 14.0. The monoisotopic (exact) mass is 482 g/mol. The van der Waals surface area contributed by atoms with E-state index in [2.05, 4.69) is 10.4 Å². The van der Waals surface area contributed by atoms with Crippen LogP contribution in [0.5, 0.6) is 0 Å². The van der Waals surface area contributed by atoms with E-state index >= 15 is 0 Å². The summed E-state index contributed by atoms with van der Waals surface area (Å²) in [6, 6.07) is 23.6. The molecule has 1 aliphatic heterocycles. The van der Waals surface area contributed by atoms with Crippen LogP contribution < -0.4 is 5.32 Å². The van der Waals surface area contributed by atoms with Crippen molar-refractivity contribution in [2.45, 2.75) is 25.4 Å². The Balaban J connectivity index is 1.22. The molecule has 3 aromatic carbocycles. The molecule has 4 aromatic rings. The minimum Gasteiger partial charge on any atom is -0.349 e. The Morgan fingerprint density at radius 1 is 0.889 bits per heavy atom. The van der Waals surface area contributed by atoms with E-state index in [4.69, 9.17) is 0 Å². The first-order valence-corrected chi connectivity index (χ1v) is 12.1. The van der Waals surface area contributed by atoms with Gasteiger partial charge in [0.25, 0.3) is 11.8 Å². The van der Waals surface area contributed by atoms with Crippen molar-refractivity contribution in [2.75, 3.05) is 13.1 Å². The Morgan fingerprint density at radius 3 is 2.28 bits per heavy atom. The van der Waals surface area contributed by atoms with E-state index in [1.807, 2.05) is 65.5 Å². The van der Waals surface area contributed by atoms with Gasteiger partial charge >= 0.3 is 0 Å². The van der Waals surface area contributed by atoms with Crippen LogP contribution in [0.4, 0.5) is 4.39 Å². The van der Waals surface area contributed by atoms with Crippen LogP contribution in [0.25, 0.3) is 11.1 Å². The molecule has 5 rings (SSSR count). The van der Waals surface area contributed by atoms with Gasteiger partial charge < -0.3 is 10.2 Å². The molecule has 2 amide bonds. The van der Waals surface area contributed by atoms with E-state index in [9.17, 15) is 14.0 Å². The number of benzene rings is 3. The number of nitrogens with one attached hydrogen (secondary N) is 1. The summed E-state index contributed by atoms with van der Waals surface area (Å²) >= 11 is 0. The van der Waals surface area contributed by atoms with Crippen LogP contribution in [0.15, 0.2) is 91.3 Å². The fourth-order valence-electron chi connectivity index (χ4n) is 4.60.